The van der Waals surface area contributed by atoms with Crippen LogP contribution in [0, 0.1) is 23.7 Å². The van der Waals surface area contributed by atoms with Crippen LogP contribution in [0.2, 0.25) is 0 Å². The molecule has 0 aromatic rings. The van der Waals surface area contributed by atoms with Crippen molar-refractivity contribution in [3.8, 4) is 0 Å². The molecule has 0 N–H and O–H groups in total. The Hall–Kier alpha value is -0.880. The van der Waals surface area contributed by atoms with Gasteiger partial charge in [-0.3, -0.25) is 0 Å². The van der Waals surface area contributed by atoms with Crippen LogP contribution in [0.5, 0.6) is 0 Å². The summed E-state index contributed by atoms with van der Waals surface area (Å²) in [6.45, 7) is 6.75. The lowest BCUT2D eigenvalue weighted by Gasteiger charge is -2.19. The normalized spacial score (nSPS) is 35.4. The van der Waals surface area contributed by atoms with Crippen LogP contribution in [0.25, 0.3) is 0 Å². The minimum atomic E-state index is 0.198. The predicted octanol–water partition coefficient (Wildman–Crippen LogP) is 4.04. The molecular formula is C17H27NO. The first-order valence-corrected chi connectivity index (χ1v) is 7.88. The highest BCUT2D eigenvalue weighted by atomic mass is 16.1. The largest absolute Gasteiger partial charge is 0.303 e. The number of hydrogen-bond donors (Lipinski definition) is 0. The maximum absolute atomic E-state index is 10.6. The van der Waals surface area contributed by atoms with Gasteiger partial charge in [-0.05, 0) is 61.8 Å². The standard InChI is InChI=1S/C17H27NO/c1-12(11-19)5-4-6-15-10-18-17-9-14(3)13(2)7-8-16(15)17/h11-14,16-17H,4-9H2,1-3H3. The summed E-state index contributed by atoms with van der Waals surface area (Å²) in [6.07, 6.45) is 8.09. The van der Waals surface area contributed by atoms with Crippen LogP contribution >= 0.6 is 0 Å². The number of carbonyl (C=O) groups is 1. The maximum atomic E-state index is 10.6. The predicted molar refractivity (Wildman–Crippen MR) is 79.5 cm³/mol. The Balaban J connectivity index is 1.87. The summed E-state index contributed by atoms with van der Waals surface area (Å²) < 4.78 is 0. The Morgan fingerprint density at radius 3 is 2.89 bits per heavy atom. The van der Waals surface area contributed by atoms with Crippen molar-refractivity contribution >= 4 is 12.2 Å². The van der Waals surface area contributed by atoms with Gasteiger partial charge in [0.1, 0.15) is 6.29 Å². The fourth-order valence-electron chi connectivity index (χ4n) is 3.42. The molecule has 106 valence electrons. The van der Waals surface area contributed by atoms with Crippen LogP contribution < -0.4 is 0 Å². The minimum Gasteiger partial charge on any atom is -0.303 e. The molecule has 2 heteroatoms. The van der Waals surface area contributed by atoms with Crippen LogP contribution in [-0.2, 0) is 4.79 Å². The van der Waals surface area contributed by atoms with Gasteiger partial charge >= 0.3 is 0 Å². The zero-order valence-electron chi connectivity index (χ0n) is 12.6. The number of nitrogens with zero attached hydrogens (tertiary/aromatic N) is 1. The first-order valence-electron chi connectivity index (χ1n) is 7.88. The topological polar surface area (TPSA) is 29.4 Å². The van der Waals surface area contributed by atoms with Gasteiger partial charge in [0, 0.05) is 11.8 Å². The smallest absolute Gasteiger partial charge is 0.122 e. The van der Waals surface area contributed by atoms with Crippen molar-refractivity contribution in [1.82, 2.24) is 0 Å². The van der Waals surface area contributed by atoms with E-state index in [-0.39, 0.29) is 5.92 Å². The zero-order chi connectivity index (χ0) is 13.8. The first-order chi connectivity index (χ1) is 9.11. The van der Waals surface area contributed by atoms with Crippen LogP contribution in [0.1, 0.15) is 59.3 Å². The molecule has 0 bridgehead atoms. The summed E-state index contributed by atoms with van der Waals surface area (Å²) in [5.74, 6) is 5.77. The van der Waals surface area contributed by atoms with E-state index in [0.29, 0.717) is 12.0 Å². The van der Waals surface area contributed by atoms with Crippen molar-refractivity contribution in [1.29, 1.82) is 0 Å². The van der Waals surface area contributed by atoms with E-state index in [9.17, 15) is 4.79 Å². The number of hydrogen-bond acceptors (Lipinski definition) is 2. The third-order valence-corrected chi connectivity index (χ3v) is 5.14. The third kappa shape index (κ3) is 3.57. The van der Waals surface area contributed by atoms with E-state index < -0.39 is 0 Å². The molecule has 0 saturated heterocycles. The van der Waals surface area contributed by atoms with E-state index >= 15 is 0 Å². The van der Waals surface area contributed by atoms with Crippen molar-refractivity contribution in [2.45, 2.75) is 65.3 Å². The highest BCUT2D eigenvalue weighted by Gasteiger charge is 2.34. The zero-order valence-corrected chi connectivity index (χ0v) is 12.6. The third-order valence-electron chi connectivity index (χ3n) is 5.14. The van der Waals surface area contributed by atoms with Crippen LogP contribution in [-0.4, -0.2) is 18.2 Å². The molecule has 2 rings (SSSR count). The molecule has 1 aliphatic carbocycles. The molecule has 2 nitrogen and oxygen atoms in total. The fraction of sp³-hybridized carbons (Fsp3) is 0.824. The average Bonchev–Trinajstić information content (AvgIpc) is 2.71. The van der Waals surface area contributed by atoms with Gasteiger partial charge in [-0.15, -0.1) is 0 Å². The van der Waals surface area contributed by atoms with Gasteiger partial charge in [0.15, 0.2) is 0 Å². The van der Waals surface area contributed by atoms with Gasteiger partial charge in [-0.1, -0.05) is 20.8 Å². The summed E-state index contributed by atoms with van der Waals surface area (Å²) >= 11 is 0. The first kappa shape index (κ1) is 14.5. The minimum absolute atomic E-state index is 0.198. The molecular weight excluding hydrogens is 234 g/mol. The SMILES string of the molecule is CC(C=O)CCCC1=C=NC2CC(C)C(C)CCC12. The van der Waals surface area contributed by atoms with Gasteiger partial charge in [0.2, 0.25) is 0 Å². The molecule has 1 fully saturated rings. The number of aldehydes is 1. The Bertz CT molecular complexity index is 381. The molecule has 2 aliphatic rings. The lowest BCUT2D eigenvalue weighted by Crippen LogP contribution is -2.17. The second kappa shape index (κ2) is 6.52. The summed E-state index contributed by atoms with van der Waals surface area (Å²) in [4.78, 5) is 15.3. The van der Waals surface area contributed by atoms with Crippen LogP contribution in [0.4, 0.5) is 0 Å². The molecule has 0 radical (unpaired) electrons. The molecule has 1 aliphatic heterocycles. The van der Waals surface area contributed by atoms with E-state index in [0.717, 1.165) is 37.4 Å². The molecule has 0 aromatic heterocycles. The number of rotatable bonds is 5. The molecule has 1 saturated carbocycles. The summed E-state index contributed by atoms with van der Waals surface area (Å²) in [5.41, 5.74) is 1.43. The number of carbonyl (C=O) groups excluding carboxylic acids is 1. The molecule has 19 heavy (non-hydrogen) atoms. The van der Waals surface area contributed by atoms with E-state index in [2.05, 4.69) is 24.7 Å². The van der Waals surface area contributed by atoms with Gasteiger partial charge in [-0.2, -0.15) is 0 Å². The van der Waals surface area contributed by atoms with Crippen molar-refractivity contribution in [3.63, 3.8) is 0 Å². The van der Waals surface area contributed by atoms with E-state index in [1.165, 1.54) is 24.8 Å². The number of aliphatic imine (C=N–C) groups is 1. The number of fused-ring (bicyclic) bond motifs is 1. The van der Waals surface area contributed by atoms with Crippen molar-refractivity contribution < 1.29 is 4.79 Å². The Morgan fingerprint density at radius 2 is 2.16 bits per heavy atom. The monoisotopic (exact) mass is 261 g/mol. The molecule has 0 amide bonds. The molecule has 1 heterocycles. The summed E-state index contributed by atoms with van der Waals surface area (Å²) in [6, 6.07) is 0.499. The molecule has 0 spiro atoms. The maximum Gasteiger partial charge on any atom is 0.122 e. The van der Waals surface area contributed by atoms with Gasteiger partial charge in [0.05, 0.1) is 6.04 Å². The highest BCUT2D eigenvalue weighted by Crippen LogP contribution is 2.39. The van der Waals surface area contributed by atoms with Crippen LogP contribution in [0.3, 0.4) is 0 Å². The van der Waals surface area contributed by atoms with E-state index in [4.69, 9.17) is 0 Å². The van der Waals surface area contributed by atoms with Crippen molar-refractivity contribution in [3.05, 3.63) is 5.57 Å². The van der Waals surface area contributed by atoms with Crippen LogP contribution in [0.15, 0.2) is 10.6 Å². The Morgan fingerprint density at radius 1 is 1.37 bits per heavy atom. The average molecular weight is 261 g/mol. The van der Waals surface area contributed by atoms with Crippen molar-refractivity contribution in [2.75, 3.05) is 0 Å². The summed E-state index contributed by atoms with van der Waals surface area (Å²) in [5, 5.41) is 0. The van der Waals surface area contributed by atoms with Gasteiger partial charge in [0.25, 0.3) is 0 Å². The molecule has 5 unspecified atom stereocenters. The van der Waals surface area contributed by atoms with Gasteiger partial charge < -0.3 is 4.79 Å². The quantitative estimate of drug-likeness (QED) is 0.687. The lowest BCUT2D eigenvalue weighted by molar-refractivity contribution is -0.110. The van der Waals surface area contributed by atoms with E-state index in [1.54, 1.807) is 0 Å². The second-order valence-electron chi connectivity index (χ2n) is 6.71. The fourth-order valence-corrected chi connectivity index (χ4v) is 3.42. The Kier molecular flexibility index (Phi) is 4.99. The van der Waals surface area contributed by atoms with E-state index in [1.807, 2.05) is 6.92 Å². The highest BCUT2D eigenvalue weighted by molar-refractivity contribution is 5.62. The molecule has 5 atom stereocenters. The second-order valence-corrected chi connectivity index (χ2v) is 6.71. The van der Waals surface area contributed by atoms with Gasteiger partial charge in [-0.25, -0.2) is 4.99 Å². The lowest BCUT2D eigenvalue weighted by atomic mass is 9.86. The molecule has 0 aromatic carbocycles. The Labute approximate surface area is 117 Å². The van der Waals surface area contributed by atoms with Crippen molar-refractivity contribution in [2.24, 2.45) is 28.7 Å². The summed E-state index contributed by atoms with van der Waals surface area (Å²) in [7, 11) is 0.